The molecule has 0 saturated carbocycles. The second-order valence-electron chi connectivity index (χ2n) is 5.20. The number of rotatable bonds is 5. The molecule has 118 valence electrons. The summed E-state index contributed by atoms with van der Waals surface area (Å²) < 4.78 is 23.2. The van der Waals surface area contributed by atoms with E-state index in [1.807, 2.05) is 4.90 Å². The van der Waals surface area contributed by atoms with Crippen molar-refractivity contribution < 1.29 is 13.3 Å². The van der Waals surface area contributed by atoms with Crippen LogP contribution >= 0.6 is 11.6 Å². The molecule has 1 atom stereocenters. The van der Waals surface area contributed by atoms with Crippen molar-refractivity contribution in [3.63, 3.8) is 0 Å². The third-order valence-corrected chi connectivity index (χ3v) is 5.74. The lowest BCUT2D eigenvalue weighted by atomic mass is 10.1. The van der Waals surface area contributed by atoms with Gasteiger partial charge in [0.1, 0.15) is 0 Å². The summed E-state index contributed by atoms with van der Waals surface area (Å²) in [5.74, 6) is 2.76. The minimum atomic E-state index is -3.01. The molecule has 1 heterocycles. The highest BCUT2D eigenvalue weighted by Crippen LogP contribution is 2.26. The quantitative estimate of drug-likeness (QED) is 0.463. The number of non-ortho nitro benzene ring substituents is 1. The molecule has 1 aliphatic rings. The Morgan fingerprint density at radius 3 is 2.73 bits per heavy atom. The molecule has 0 unspecified atom stereocenters. The molecule has 22 heavy (non-hydrogen) atoms. The Morgan fingerprint density at radius 1 is 1.50 bits per heavy atom. The Morgan fingerprint density at radius 2 is 2.23 bits per heavy atom. The fourth-order valence-electron chi connectivity index (χ4n) is 2.49. The zero-order valence-corrected chi connectivity index (χ0v) is 13.3. The highest BCUT2D eigenvalue weighted by molar-refractivity contribution is 7.91. The van der Waals surface area contributed by atoms with E-state index in [1.165, 1.54) is 12.1 Å². The first-order valence-corrected chi connectivity index (χ1v) is 8.83. The molecule has 0 bridgehead atoms. The molecule has 0 radical (unpaired) electrons. The van der Waals surface area contributed by atoms with Gasteiger partial charge in [0.05, 0.1) is 28.0 Å². The summed E-state index contributed by atoms with van der Waals surface area (Å²) >= 11 is 6.08. The molecule has 0 N–H and O–H groups in total. The summed E-state index contributed by atoms with van der Waals surface area (Å²) in [5, 5.41) is 11.0. The average Bonchev–Trinajstić information content (AvgIpc) is 2.80. The summed E-state index contributed by atoms with van der Waals surface area (Å²) in [4.78, 5) is 12.1. The van der Waals surface area contributed by atoms with Gasteiger partial charge in [0.2, 0.25) is 0 Å². The monoisotopic (exact) mass is 342 g/mol. The van der Waals surface area contributed by atoms with E-state index in [0.29, 0.717) is 25.1 Å². The summed E-state index contributed by atoms with van der Waals surface area (Å²) in [6, 6.07) is 4.09. The summed E-state index contributed by atoms with van der Waals surface area (Å²) in [7, 11) is -3.01. The normalized spacial score (nSPS) is 20.0. The lowest BCUT2D eigenvalue weighted by Crippen LogP contribution is -2.36. The zero-order valence-electron chi connectivity index (χ0n) is 11.7. The van der Waals surface area contributed by atoms with Crippen LogP contribution in [0.25, 0.3) is 0 Å². The molecule has 1 saturated heterocycles. The van der Waals surface area contributed by atoms with E-state index in [9.17, 15) is 18.5 Å². The van der Waals surface area contributed by atoms with E-state index in [-0.39, 0.29) is 28.3 Å². The highest BCUT2D eigenvalue weighted by atomic mass is 35.5. The third-order valence-electron chi connectivity index (χ3n) is 3.64. The van der Waals surface area contributed by atoms with Crippen LogP contribution in [0.2, 0.25) is 5.02 Å². The molecule has 0 aliphatic carbocycles. The van der Waals surface area contributed by atoms with Gasteiger partial charge in [0, 0.05) is 24.7 Å². The number of hydrogen-bond acceptors (Lipinski definition) is 5. The second-order valence-corrected chi connectivity index (χ2v) is 7.83. The van der Waals surface area contributed by atoms with Crippen LogP contribution in [0, 0.1) is 22.5 Å². The molecule has 0 aromatic heterocycles. The number of hydrogen-bond donors (Lipinski definition) is 0. The first-order chi connectivity index (χ1) is 10.3. The van der Waals surface area contributed by atoms with E-state index in [1.54, 1.807) is 6.07 Å². The maximum atomic E-state index is 11.6. The lowest BCUT2D eigenvalue weighted by molar-refractivity contribution is -0.384. The van der Waals surface area contributed by atoms with Gasteiger partial charge in [-0.1, -0.05) is 17.5 Å². The maximum absolute atomic E-state index is 11.6. The van der Waals surface area contributed by atoms with Crippen LogP contribution in [0.4, 0.5) is 5.69 Å². The number of sulfone groups is 1. The average molecular weight is 343 g/mol. The molecule has 0 spiro atoms. The Kier molecular flexibility index (Phi) is 5.06. The van der Waals surface area contributed by atoms with Crippen LogP contribution in [0.1, 0.15) is 12.0 Å². The van der Waals surface area contributed by atoms with E-state index >= 15 is 0 Å². The van der Waals surface area contributed by atoms with E-state index in [0.717, 1.165) is 0 Å². The predicted octanol–water partition coefficient (Wildman–Crippen LogP) is 1.87. The van der Waals surface area contributed by atoms with Gasteiger partial charge in [-0.3, -0.25) is 15.0 Å². The van der Waals surface area contributed by atoms with Gasteiger partial charge < -0.3 is 0 Å². The minimum Gasteiger partial charge on any atom is -0.284 e. The molecule has 1 aliphatic heterocycles. The van der Waals surface area contributed by atoms with E-state index in [2.05, 4.69) is 5.92 Å². The SMILES string of the molecule is C#CCN(Cc1ccc([N+](=O)[O-])cc1Cl)[C@@H]1CCS(=O)(=O)C1. The highest BCUT2D eigenvalue weighted by Gasteiger charge is 2.32. The minimum absolute atomic E-state index is 0.0826. The Labute approximate surface area is 134 Å². The van der Waals surface area contributed by atoms with Crippen LogP contribution in [0.3, 0.4) is 0 Å². The first kappa shape index (κ1) is 16.7. The molecule has 0 amide bonds. The van der Waals surface area contributed by atoms with Crippen molar-refractivity contribution in [1.29, 1.82) is 0 Å². The van der Waals surface area contributed by atoms with Gasteiger partial charge >= 0.3 is 0 Å². The fourth-order valence-corrected chi connectivity index (χ4v) is 4.49. The number of terminal acetylenes is 1. The van der Waals surface area contributed by atoms with Crippen molar-refractivity contribution in [1.82, 2.24) is 4.90 Å². The molecule has 8 heteroatoms. The lowest BCUT2D eigenvalue weighted by Gasteiger charge is -2.26. The number of nitro benzene ring substituents is 1. The van der Waals surface area contributed by atoms with Crippen LogP contribution in [-0.2, 0) is 16.4 Å². The molecular formula is C14H15ClN2O4S. The number of nitro groups is 1. The number of benzene rings is 1. The molecule has 6 nitrogen and oxygen atoms in total. The van der Waals surface area contributed by atoms with Crippen LogP contribution in [-0.4, -0.2) is 42.3 Å². The van der Waals surface area contributed by atoms with Gasteiger partial charge in [-0.15, -0.1) is 6.42 Å². The molecule has 1 aromatic carbocycles. The van der Waals surface area contributed by atoms with Crippen LogP contribution < -0.4 is 0 Å². The zero-order chi connectivity index (χ0) is 16.3. The van der Waals surface area contributed by atoms with Crippen molar-refractivity contribution in [2.24, 2.45) is 0 Å². The van der Waals surface area contributed by atoms with Crippen molar-refractivity contribution in [3.8, 4) is 12.3 Å². The van der Waals surface area contributed by atoms with Gasteiger partial charge in [-0.2, -0.15) is 0 Å². The first-order valence-electron chi connectivity index (χ1n) is 6.63. The van der Waals surface area contributed by atoms with Gasteiger partial charge in [-0.25, -0.2) is 8.42 Å². The Bertz CT molecular complexity index is 727. The topological polar surface area (TPSA) is 80.5 Å². The summed E-state index contributed by atoms with van der Waals surface area (Å²) in [6.45, 7) is 0.661. The fraction of sp³-hybridized carbons (Fsp3) is 0.429. The van der Waals surface area contributed by atoms with Crippen LogP contribution in [0.15, 0.2) is 18.2 Å². The van der Waals surface area contributed by atoms with Crippen LogP contribution in [0.5, 0.6) is 0 Å². The van der Waals surface area contributed by atoms with E-state index in [4.69, 9.17) is 18.0 Å². The second kappa shape index (κ2) is 6.65. The van der Waals surface area contributed by atoms with Gasteiger partial charge in [0.25, 0.3) is 5.69 Å². The standard InChI is InChI=1S/C14H15ClN2O4S/c1-2-6-16(13-5-7-22(20,21)10-13)9-11-3-4-12(17(18)19)8-14(11)15/h1,3-4,8,13H,5-7,9-10H2/t13-/m1/s1. The summed E-state index contributed by atoms with van der Waals surface area (Å²) in [5.41, 5.74) is 0.604. The predicted molar refractivity (Wildman–Crippen MR) is 84.4 cm³/mol. The smallest absolute Gasteiger partial charge is 0.270 e. The maximum Gasteiger partial charge on any atom is 0.270 e. The van der Waals surface area contributed by atoms with Crippen molar-refractivity contribution in [3.05, 3.63) is 38.9 Å². The van der Waals surface area contributed by atoms with Gasteiger partial charge in [-0.05, 0) is 18.1 Å². The van der Waals surface area contributed by atoms with Crippen molar-refractivity contribution in [2.75, 3.05) is 18.1 Å². The number of nitrogens with zero attached hydrogens (tertiary/aromatic N) is 2. The molecule has 2 rings (SSSR count). The van der Waals surface area contributed by atoms with Crippen molar-refractivity contribution in [2.45, 2.75) is 19.0 Å². The summed E-state index contributed by atoms with van der Waals surface area (Å²) in [6.07, 6.45) is 5.89. The molecule has 1 fully saturated rings. The Balaban J connectivity index is 2.18. The van der Waals surface area contributed by atoms with Gasteiger partial charge in [0.15, 0.2) is 9.84 Å². The number of halogens is 1. The van der Waals surface area contributed by atoms with Crippen molar-refractivity contribution >= 4 is 27.1 Å². The Hall–Kier alpha value is -1.62. The largest absolute Gasteiger partial charge is 0.284 e. The molecular weight excluding hydrogens is 328 g/mol. The van der Waals surface area contributed by atoms with E-state index < -0.39 is 14.8 Å². The molecule has 1 aromatic rings. The third kappa shape index (κ3) is 3.97.